The predicted molar refractivity (Wildman–Crippen MR) is 73.4 cm³/mol. The molecule has 0 bridgehead atoms. The Morgan fingerprint density at radius 2 is 2.44 bits per heavy atom. The first-order valence-electron chi connectivity index (χ1n) is 5.11. The summed E-state index contributed by atoms with van der Waals surface area (Å²) in [6, 6.07) is 7.39. The molecule has 0 fully saturated rings. The van der Waals surface area contributed by atoms with E-state index in [1.54, 1.807) is 6.07 Å². The Balaban J connectivity index is 2.00. The summed E-state index contributed by atoms with van der Waals surface area (Å²) in [4.78, 5) is 15.7. The molecule has 92 valence electrons. The van der Waals surface area contributed by atoms with Crippen LogP contribution in [0.3, 0.4) is 0 Å². The number of nitrogens with two attached hydrogens (primary N) is 1. The minimum atomic E-state index is -0.166. The second-order valence-electron chi connectivity index (χ2n) is 3.43. The zero-order valence-corrected chi connectivity index (χ0v) is 11.0. The topological polar surface area (TPSA) is 91.8 Å². The average Bonchev–Trinajstić information content (AvgIpc) is 2.75. The van der Waals surface area contributed by atoms with Crippen molar-refractivity contribution in [1.82, 2.24) is 10.3 Å². The molecule has 1 heterocycles. The number of thiazole rings is 1. The maximum Gasteiger partial charge on any atom is 0.231 e. The van der Waals surface area contributed by atoms with Crippen molar-refractivity contribution in [2.24, 2.45) is 0 Å². The number of hydrogen-bond acceptors (Lipinski definition) is 6. The van der Waals surface area contributed by atoms with Crippen molar-refractivity contribution in [1.29, 1.82) is 5.26 Å². The summed E-state index contributed by atoms with van der Waals surface area (Å²) in [5, 5.41) is 10.8. The molecule has 0 unspecified atom stereocenters. The van der Waals surface area contributed by atoms with E-state index in [2.05, 4.69) is 10.3 Å². The van der Waals surface area contributed by atoms with Gasteiger partial charge in [0.25, 0.3) is 0 Å². The molecule has 0 saturated heterocycles. The van der Waals surface area contributed by atoms with Gasteiger partial charge in [0.1, 0.15) is 6.54 Å². The van der Waals surface area contributed by atoms with E-state index >= 15 is 0 Å². The van der Waals surface area contributed by atoms with Crippen LogP contribution in [0.15, 0.2) is 22.5 Å². The molecule has 1 aromatic heterocycles. The maximum absolute atomic E-state index is 11.3. The van der Waals surface area contributed by atoms with Crippen LogP contribution >= 0.6 is 23.1 Å². The average molecular weight is 278 g/mol. The second kappa shape index (κ2) is 5.71. The molecule has 0 atom stereocenters. The third kappa shape index (κ3) is 3.12. The molecule has 0 aliphatic rings. The van der Waals surface area contributed by atoms with E-state index in [4.69, 9.17) is 11.0 Å². The third-order valence-electron chi connectivity index (χ3n) is 2.08. The zero-order valence-electron chi connectivity index (χ0n) is 9.34. The lowest BCUT2D eigenvalue weighted by atomic mass is 10.3. The Kier molecular flexibility index (Phi) is 4.02. The summed E-state index contributed by atoms with van der Waals surface area (Å²) >= 11 is 2.86. The summed E-state index contributed by atoms with van der Waals surface area (Å²) in [7, 11) is 0. The normalized spacial score (nSPS) is 10.2. The Bertz CT molecular complexity index is 617. The highest BCUT2D eigenvalue weighted by Crippen LogP contribution is 2.30. The van der Waals surface area contributed by atoms with Crippen LogP contribution in [0.2, 0.25) is 0 Å². The maximum atomic E-state index is 11.3. The van der Waals surface area contributed by atoms with Crippen molar-refractivity contribution in [3.05, 3.63) is 18.2 Å². The molecule has 1 amide bonds. The van der Waals surface area contributed by atoms with Gasteiger partial charge in [0, 0.05) is 5.69 Å². The molecule has 2 rings (SSSR count). The van der Waals surface area contributed by atoms with Crippen LogP contribution in [-0.2, 0) is 4.79 Å². The fourth-order valence-electron chi connectivity index (χ4n) is 1.30. The number of aromatic nitrogens is 1. The number of nitrogens with one attached hydrogen (secondary N) is 1. The van der Waals surface area contributed by atoms with Crippen molar-refractivity contribution in [2.75, 3.05) is 18.0 Å². The molecule has 1 aromatic carbocycles. The minimum absolute atomic E-state index is 0.0375. The zero-order chi connectivity index (χ0) is 13.0. The lowest BCUT2D eigenvalue weighted by Gasteiger charge is -1.97. The summed E-state index contributed by atoms with van der Waals surface area (Å²) in [5.41, 5.74) is 7.27. The first-order chi connectivity index (χ1) is 8.69. The number of hydrogen-bond donors (Lipinski definition) is 2. The van der Waals surface area contributed by atoms with Gasteiger partial charge in [0.2, 0.25) is 5.91 Å². The highest BCUT2D eigenvalue weighted by atomic mass is 32.2. The number of fused-ring (bicyclic) bond motifs is 1. The number of amides is 1. The van der Waals surface area contributed by atoms with Gasteiger partial charge >= 0.3 is 0 Å². The Labute approximate surface area is 112 Å². The van der Waals surface area contributed by atoms with Crippen LogP contribution in [0.5, 0.6) is 0 Å². The number of nitrogen functional groups attached to an aromatic ring is 1. The molecular formula is C11H10N4OS2. The fourth-order valence-corrected chi connectivity index (χ4v) is 3.24. The van der Waals surface area contributed by atoms with Crippen molar-refractivity contribution in [2.45, 2.75) is 4.34 Å². The van der Waals surface area contributed by atoms with Gasteiger partial charge in [-0.3, -0.25) is 4.79 Å². The predicted octanol–water partition coefficient (Wildman–Crippen LogP) is 1.61. The van der Waals surface area contributed by atoms with Gasteiger partial charge in [-0.2, -0.15) is 5.26 Å². The number of carbonyl (C=O) groups excluding carboxylic acids is 1. The molecule has 0 spiro atoms. The van der Waals surface area contributed by atoms with Crippen LogP contribution in [0.4, 0.5) is 5.69 Å². The van der Waals surface area contributed by atoms with Crippen molar-refractivity contribution < 1.29 is 4.79 Å². The highest BCUT2D eigenvalue weighted by Gasteiger charge is 2.07. The number of nitriles is 1. The molecule has 0 saturated carbocycles. The third-order valence-corrected chi connectivity index (χ3v) is 4.25. The number of rotatable bonds is 4. The minimum Gasteiger partial charge on any atom is -0.399 e. The van der Waals surface area contributed by atoms with Crippen LogP contribution < -0.4 is 11.1 Å². The monoisotopic (exact) mass is 278 g/mol. The SMILES string of the molecule is N#CCNC(=O)CSc1nc2ccc(N)cc2s1. The fraction of sp³-hybridized carbons (Fsp3) is 0.182. The number of thioether (sulfide) groups is 1. The van der Waals surface area contributed by atoms with Gasteiger partial charge in [0.05, 0.1) is 22.0 Å². The van der Waals surface area contributed by atoms with E-state index in [9.17, 15) is 4.79 Å². The smallest absolute Gasteiger partial charge is 0.231 e. The molecule has 0 radical (unpaired) electrons. The molecule has 5 nitrogen and oxygen atoms in total. The van der Waals surface area contributed by atoms with E-state index in [0.29, 0.717) is 5.69 Å². The number of anilines is 1. The molecular weight excluding hydrogens is 268 g/mol. The lowest BCUT2D eigenvalue weighted by Crippen LogP contribution is -2.25. The molecule has 2 aromatic rings. The standard InChI is InChI=1S/C11H10N4OS2/c12-3-4-14-10(16)6-17-11-15-8-2-1-7(13)5-9(8)18-11/h1-2,5H,4,6,13H2,(H,14,16). The highest BCUT2D eigenvalue weighted by molar-refractivity contribution is 8.01. The quantitative estimate of drug-likeness (QED) is 0.503. The van der Waals surface area contributed by atoms with Crippen molar-refractivity contribution in [3.63, 3.8) is 0 Å². The Hall–Kier alpha value is -1.78. The number of carbonyl (C=O) groups is 1. The van der Waals surface area contributed by atoms with Gasteiger partial charge in [0.15, 0.2) is 4.34 Å². The largest absolute Gasteiger partial charge is 0.399 e. The van der Waals surface area contributed by atoms with Gasteiger partial charge in [-0.15, -0.1) is 11.3 Å². The van der Waals surface area contributed by atoms with Crippen LogP contribution in [0, 0.1) is 11.3 Å². The van der Waals surface area contributed by atoms with E-state index in [1.807, 2.05) is 18.2 Å². The van der Waals surface area contributed by atoms with E-state index in [1.165, 1.54) is 23.1 Å². The van der Waals surface area contributed by atoms with Crippen LogP contribution in [0.25, 0.3) is 10.2 Å². The van der Waals surface area contributed by atoms with Crippen LogP contribution in [-0.4, -0.2) is 23.2 Å². The lowest BCUT2D eigenvalue weighted by molar-refractivity contribution is -0.118. The Morgan fingerprint density at radius 3 is 3.22 bits per heavy atom. The molecule has 0 aliphatic heterocycles. The van der Waals surface area contributed by atoms with Gasteiger partial charge in [-0.1, -0.05) is 11.8 Å². The molecule has 18 heavy (non-hydrogen) atoms. The second-order valence-corrected chi connectivity index (χ2v) is 5.68. The molecule has 7 heteroatoms. The summed E-state index contributed by atoms with van der Waals surface area (Å²) in [6.45, 7) is 0.0375. The summed E-state index contributed by atoms with van der Waals surface area (Å²) < 4.78 is 1.83. The summed E-state index contributed by atoms with van der Waals surface area (Å²) in [5.74, 6) is 0.0945. The van der Waals surface area contributed by atoms with Gasteiger partial charge < -0.3 is 11.1 Å². The molecule has 3 N–H and O–H groups in total. The van der Waals surface area contributed by atoms with Gasteiger partial charge in [-0.25, -0.2) is 4.98 Å². The number of nitrogens with zero attached hydrogens (tertiary/aromatic N) is 2. The summed E-state index contributed by atoms with van der Waals surface area (Å²) in [6.07, 6.45) is 0. The van der Waals surface area contributed by atoms with Gasteiger partial charge in [-0.05, 0) is 18.2 Å². The number of benzene rings is 1. The first-order valence-corrected chi connectivity index (χ1v) is 6.92. The van der Waals surface area contributed by atoms with Crippen LogP contribution in [0.1, 0.15) is 0 Å². The van der Waals surface area contributed by atoms with Crippen molar-refractivity contribution >= 4 is 44.9 Å². The van der Waals surface area contributed by atoms with Crippen molar-refractivity contribution in [3.8, 4) is 6.07 Å². The first kappa shape index (κ1) is 12.7. The molecule has 0 aliphatic carbocycles. The Morgan fingerprint density at radius 1 is 1.61 bits per heavy atom. The van der Waals surface area contributed by atoms with E-state index in [-0.39, 0.29) is 18.2 Å². The van der Waals surface area contributed by atoms with E-state index in [0.717, 1.165) is 14.6 Å². The van der Waals surface area contributed by atoms with E-state index < -0.39 is 0 Å².